The third-order valence-corrected chi connectivity index (χ3v) is 2.64. The van der Waals surface area contributed by atoms with E-state index in [0.717, 1.165) is 24.2 Å². The zero-order valence-electron chi connectivity index (χ0n) is 9.57. The van der Waals surface area contributed by atoms with Gasteiger partial charge in [0.2, 0.25) is 0 Å². The Morgan fingerprint density at radius 3 is 2.56 bits per heavy atom. The molecule has 0 spiro atoms. The monoisotopic (exact) mass is 218 g/mol. The van der Waals surface area contributed by atoms with Crippen LogP contribution in [0.3, 0.4) is 0 Å². The number of nitrogens with zero attached hydrogens (tertiary/aromatic N) is 2. The summed E-state index contributed by atoms with van der Waals surface area (Å²) < 4.78 is 15.3. The Kier molecular flexibility index (Phi) is 3.04. The molecule has 0 aliphatic carbocycles. The molecule has 2 aromatic rings. The summed E-state index contributed by atoms with van der Waals surface area (Å²) in [5, 5.41) is 4.41. The fraction of sp³-hybridized carbons (Fsp3) is 0.308. The quantitative estimate of drug-likeness (QED) is 0.773. The second-order valence-electron chi connectivity index (χ2n) is 3.70. The van der Waals surface area contributed by atoms with Crippen molar-refractivity contribution in [3.63, 3.8) is 0 Å². The molecule has 0 aliphatic heterocycles. The SMILES string of the molecule is CCc1cc(CC)n(-c2ccccc2F)n1. The summed E-state index contributed by atoms with van der Waals surface area (Å²) >= 11 is 0. The van der Waals surface area contributed by atoms with Crippen molar-refractivity contribution in [2.45, 2.75) is 26.7 Å². The number of hydrogen-bond acceptors (Lipinski definition) is 1. The maximum atomic E-state index is 13.6. The van der Waals surface area contributed by atoms with Crippen LogP contribution in [0, 0.1) is 5.82 Å². The highest BCUT2D eigenvalue weighted by molar-refractivity contribution is 5.35. The summed E-state index contributed by atoms with van der Waals surface area (Å²) in [6.07, 6.45) is 1.72. The molecule has 3 heteroatoms. The van der Waals surface area contributed by atoms with Gasteiger partial charge in [0.25, 0.3) is 0 Å². The minimum Gasteiger partial charge on any atom is -0.235 e. The van der Waals surface area contributed by atoms with Crippen LogP contribution in [-0.4, -0.2) is 9.78 Å². The molecule has 0 radical (unpaired) electrons. The Morgan fingerprint density at radius 2 is 1.94 bits per heavy atom. The van der Waals surface area contributed by atoms with Gasteiger partial charge in [-0.15, -0.1) is 0 Å². The van der Waals surface area contributed by atoms with Crippen molar-refractivity contribution in [2.75, 3.05) is 0 Å². The van der Waals surface area contributed by atoms with E-state index in [0.29, 0.717) is 5.69 Å². The predicted octanol–water partition coefficient (Wildman–Crippen LogP) is 3.14. The molecule has 2 nitrogen and oxygen atoms in total. The first kappa shape index (κ1) is 10.9. The zero-order chi connectivity index (χ0) is 11.5. The lowest BCUT2D eigenvalue weighted by molar-refractivity contribution is 0.606. The first-order chi connectivity index (χ1) is 7.76. The van der Waals surface area contributed by atoms with Crippen molar-refractivity contribution in [2.24, 2.45) is 0 Å². The highest BCUT2D eigenvalue weighted by atomic mass is 19.1. The van der Waals surface area contributed by atoms with Gasteiger partial charge in [0.15, 0.2) is 0 Å². The molecule has 0 amide bonds. The van der Waals surface area contributed by atoms with E-state index in [9.17, 15) is 4.39 Å². The topological polar surface area (TPSA) is 17.8 Å². The first-order valence-corrected chi connectivity index (χ1v) is 5.59. The van der Waals surface area contributed by atoms with Crippen LogP contribution in [0.2, 0.25) is 0 Å². The van der Waals surface area contributed by atoms with E-state index in [1.807, 2.05) is 26.0 Å². The highest BCUT2D eigenvalue weighted by Crippen LogP contribution is 2.16. The van der Waals surface area contributed by atoms with Gasteiger partial charge in [-0.2, -0.15) is 5.10 Å². The van der Waals surface area contributed by atoms with Gasteiger partial charge in [0.05, 0.1) is 5.69 Å². The van der Waals surface area contributed by atoms with Crippen LogP contribution >= 0.6 is 0 Å². The molecule has 2 rings (SSSR count). The number of rotatable bonds is 3. The van der Waals surface area contributed by atoms with Gasteiger partial charge in [-0.3, -0.25) is 0 Å². The molecular formula is C13H15FN2. The van der Waals surface area contributed by atoms with Gasteiger partial charge < -0.3 is 0 Å². The lowest BCUT2D eigenvalue weighted by atomic mass is 10.2. The van der Waals surface area contributed by atoms with Crippen molar-refractivity contribution in [3.8, 4) is 5.69 Å². The minimum absolute atomic E-state index is 0.233. The second kappa shape index (κ2) is 4.47. The molecule has 0 saturated carbocycles. The second-order valence-corrected chi connectivity index (χ2v) is 3.70. The largest absolute Gasteiger partial charge is 0.235 e. The van der Waals surface area contributed by atoms with E-state index in [1.165, 1.54) is 6.07 Å². The van der Waals surface area contributed by atoms with Gasteiger partial charge in [-0.1, -0.05) is 26.0 Å². The summed E-state index contributed by atoms with van der Waals surface area (Å²) in [6.45, 7) is 4.10. The third kappa shape index (κ3) is 1.85. The van der Waals surface area contributed by atoms with Crippen molar-refractivity contribution in [3.05, 3.63) is 47.5 Å². The smallest absolute Gasteiger partial charge is 0.148 e. The van der Waals surface area contributed by atoms with Gasteiger partial charge in [0, 0.05) is 5.69 Å². The Labute approximate surface area is 94.7 Å². The molecule has 1 heterocycles. The zero-order valence-corrected chi connectivity index (χ0v) is 9.57. The van der Waals surface area contributed by atoms with Crippen LogP contribution in [-0.2, 0) is 12.8 Å². The normalized spacial score (nSPS) is 10.7. The molecule has 1 aromatic heterocycles. The Balaban J connectivity index is 2.54. The van der Waals surface area contributed by atoms with Crippen LogP contribution in [0.1, 0.15) is 25.2 Å². The van der Waals surface area contributed by atoms with Crippen LogP contribution in [0.4, 0.5) is 4.39 Å². The predicted molar refractivity (Wildman–Crippen MR) is 62.3 cm³/mol. The fourth-order valence-electron chi connectivity index (χ4n) is 1.73. The molecule has 16 heavy (non-hydrogen) atoms. The van der Waals surface area contributed by atoms with Crippen LogP contribution in [0.15, 0.2) is 30.3 Å². The summed E-state index contributed by atoms with van der Waals surface area (Å²) in [4.78, 5) is 0. The lowest BCUT2D eigenvalue weighted by Crippen LogP contribution is -2.03. The van der Waals surface area contributed by atoms with Gasteiger partial charge >= 0.3 is 0 Å². The van der Waals surface area contributed by atoms with E-state index >= 15 is 0 Å². The number of benzene rings is 1. The molecule has 84 valence electrons. The van der Waals surface area contributed by atoms with E-state index in [-0.39, 0.29) is 5.82 Å². The van der Waals surface area contributed by atoms with Gasteiger partial charge in [-0.25, -0.2) is 9.07 Å². The molecular weight excluding hydrogens is 203 g/mol. The van der Waals surface area contributed by atoms with Crippen molar-refractivity contribution >= 4 is 0 Å². The summed E-state index contributed by atoms with van der Waals surface area (Å²) in [5.74, 6) is -0.233. The molecule has 0 bridgehead atoms. The van der Waals surface area contributed by atoms with Crippen molar-refractivity contribution in [1.82, 2.24) is 9.78 Å². The lowest BCUT2D eigenvalue weighted by Gasteiger charge is -2.06. The van der Waals surface area contributed by atoms with E-state index in [4.69, 9.17) is 0 Å². The Bertz CT molecular complexity index is 488. The molecule has 0 saturated heterocycles. The van der Waals surface area contributed by atoms with Crippen molar-refractivity contribution in [1.29, 1.82) is 0 Å². The highest BCUT2D eigenvalue weighted by Gasteiger charge is 2.10. The molecule has 0 N–H and O–H groups in total. The Morgan fingerprint density at radius 1 is 1.19 bits per heavy atom. The minimum atomic E-state index is -0.233. The van der Waals surface area contributed by atoms with Crippen LogP contribution in [0.5, 0.6) is 0 Å². The van der Waals surface area contributed by atoms with Gasteiger partial charge in [0.1, 0.15) is 11.5 Å². The first-order valence-electron chi connectivity index (χ1n) is 5.59. The number of aryl methyl sites for hydroxylation is 2. The van der Waals surface area contributed by atoms with Crippen molar-refractivity contribution < 1.29 is 4.39 Å². The van der Waals surface area contributed by atoms with Gasteiger partial charge in [-0.05, 0) is 31.0 Å². The molecule has 0 fully saturated rings. The number of para-hydroxylation sites is 1. The third-order valence-electron chi connectivity index (χ3n) is 2.64. The van der Waals surface area contributed by atoms with Crippen LogP contribution < -0.4 is 0 Å². The van der Waals surface area contributed by atoms with E-state index < -0.39 is 0 Å². The summed E-state index contributed by atoms with van der Waals surface area (Å²) in [6, 6.07) is 8.76. The maximum Gasteiger partial charge on any atom is 0.148 e. The number of halogens is 1. The molecule has 0 aliphatic rings. The summed E-state index contributed by atoms with van der Waals surface area (Å²) in [5.41, 5.74) is 2.57. The molecule has 0 unspecified atom stereocenters. The summed E-state index contributed by atoms with van der Waals surface area (Å²) in [7, 11) is 0. The number of aromatic nitrogens is 2. The molecule has 1 aromatic carbocycles. The molecule has 0 atom stereocenters. The average Bonchev–Trinajstić information content (AvgIpc) is 2.72. The maximum absolute atomic E-state index is 13.6. The number of hydrogen-bond donors (Lipinski definition) is 0. The van der Waals surface area contributed by atoms with Crippen LogP contribution in [0.25, 0.3) is 5.69 Å². The van der Waals surface area contributed by atoms with E-state index in [2.05, 4.69) is 5.10 Å². The Hall–Kier alpha value is -1.64. The fourth-order valence-corrected chi connectivity index (χ4v) is 1.73. The standard InChI is InChI=1S/C13H15FN2/c1-3-10-9-11(4-2)16(15-10)13-8-6-5-7-12(13)14/h5-9H,3-4H2,1-2H3. The van der Waals surface area contributed by atoms with E-state index in [1.54, 1.807) is 16.8 Å². The average molecular weight is 218 g/mol.